The molecule has 4 heteroatoms. The van der Waals surface area contributed by atoms with Crippen molar-refractivity contribution in [2.75, 3.05) is 11.9 Å². The van der Waals surface area contributed by atoms with Crippen molar-refractivity contribution in [3.05, 3.63) is 27.1 Å². The van der Waals surface area contributed by atoms with Gasteiger partial charge in [0.2, 0.25) is 0 Å². The van der Waals surface area contributed by atoms with Crippen LogP contribution in [0.1, 0.15) is 19.8 Å². The first-order valence-corrected chi connectivity index (χ1v) is 7.11. The first-order valence-electron chi connectivity index (χ1n) is 5.53. The monoisotopic (exact) mass is 347 g/mol. The average molecular weight is 349 g/mol. The zero-order chi connectivity index (χ0) is 11.5. The van der Waals surface area contributed by atoms with E-state index in [2.05, 4.69) is 37.2 Å². The molecule has 1 N–H and O–H groups in total. The summed E-state index contributed by atoms with van der Waals surface area (Å²) >= 11 is 7.10. The smallest absolute Gasteiger partial charge is 0.0631 e. The Kier molecular flexibility index (Phi) is 4.27. The van der Waals surface area contributed by atoms with Crippen molar-refractivity contribution < 1.29 is 4.74 Å². The number of anilines is 1. The maximum absolute atomic E-state index is 5.54. The van der Waals surface area contributed by atoms with Gasteiger partial charge < -0.3 is 10.1 Å². The second-order valence-electron chi connectivity index (χ2n) is 3.99. The minimum Gasteiger partial charge on any atom is -0.380 e. The van der Waals surface area contributed by atoms with Gasteiger partial charge in [0.15, 0.2) is 0 Å². The first kappa shape index (κ1) is 12.4. The predicted molar refractivity (Wildman–Crippen MR) is 73.9 cm³/mol. The zero-order valence-corrected chi connectivity index (χ0v) is 12.3. The second kappa shape index (κ2) is 5.52. The topological polar surface area (TPSA) is 21.3 Å². The molecule has 1 aliphatic carbocycles. The summed E-state index contributed by atoms with van der Waals surface area (Å²) in [4.78, 5) is 0. The van der Waals surface area contributed by atoms with Gasteiger partial charge in [-0.15, -0.1) is 0 Å². The van der Waals surface area contributed by atoms with Crippen LogP contribution in [0.25, 0.3) is 0 Å². The van der Waals surface area contributed by atoms with Gasteiger partial charge >= 0.3 is 0 Å². The third-order valence-electron chi connectivity index (χ3n) is 2.81. The molecule has 1 aromatic carbocycles. The van der Waals surface area contributed by atoms with E-state index in [9.17, 15) is 0 Å². The molecule has 0 amide bonds. The number of nitrogens with one attached hydrogen (secondary N) is 1. The third-order valence-corrected chi connectivity index (χ3v) is 4.13. The maximum Gasteiger partial charge on any atom is 0.0631 e. The van der Waals surface area contributed by atoms with Gasteiger partial charge in [-0.05, 0) is 63.8 Å². The number of hydrogen-bond donors (Lipinski definition) is 1. The predicted octanol–water partition coefficient (Wildman–Crippen LogP) is 4.19. The lowest BCUT2D eigenvalue weighted by Crippen LogP contribution is -2.40. The van der Waals surface area contributed by atoms with E-state index >= 15 is 0 Å². The standard InChI is InChI=1S/C12H15Br2NO/c1-2-16-9-6-8(7-9)15-12-10(13)4-3-5-11(12)14/h3-5,8-9,15H,2,6-7H2,1H3. The molecule has 0 radical (unpaired) electrons. The van der Waals surface area contributed by atoms with E-state index in [1.165, 1.54) is 0 Å². The van der Waals surface area contributed by atoms with Crippen LogP contribution < -0.4 is 5.32 Å². The highest BCUT2D eigenvalue weighted by molar-refractivity contribution is 9.11. The number of benzene rings is 1. The normalized spacial score (nSPS) is 23.9. The number of para-hydroxylation sites is 1. The fourth-order valence-corrected chi connectivity index (χ4v) is 3.12. The van der Waals surface area contributed by atoms with E-state index < -0.39 is 0 Å². The van der Waals surface area contributed by atoms with Crippen LogP contribution in [0.2, 0.25) is 0 Å². The highest BCUT2D eigenvalue weighted by Gasteiger charge is 2.29. The molecular formula is C12H15Br2NO. The van der Waals surface area contributed by atoms with E-state index in [0.717, 1.165) is 34.1 Å². The van der Waals surface area contributed by atoms with Crippen LogP contribution in [-0.2, 0) is 4.74 Å². The van der Waals surface area contributed by atoms with Crippen molar-refractivity contribution in [3.8, 4) is 0 Å². The van der Waals surface area contributed by atoms with Crippen LogP contribution in [0.5, 0.6) is 0 Å². The molecule has 1 fully saturated rings. The summed E-state index contributed by atoms with van der Waals surface area (Å²) < 4.78 is 7.74. The molecule has 0 aromatic heterocycles. The van der Waals surface area contributed by atoms with E-state index in [1.54, 1.807) is 0 Å². The molecule has 0 spiro atoms. The average Bonchev–Trinajstić information content (AvgIpc) is 2.19. The molecule has 0 unspecified atom stereocenters. The van der Waals surface area contributed by atoms with Gasteiger partial charge in [-0.25, -0.2) is 0 Å². The summed E-state index contributed by atoms with van der Waals surface area (Å²) in [6.45, 7) is 2.86. The third kappa shape index (κ3) is 2.79. The Morgan fingerprint density at radius 3 is 2.50 bits per heavy atom. The number of hydrogen-bond acceptors (Lipinski definition) is 2. The molecule has 1 saturated carbocycles. The van der Waals surface area contributed by atoms with Crippen LogP contribution in [0.4, 0.5) is 5.69 Å². The lowest BCUT2D eigenvalue weighted by molar-refractivity contribution is 0.00297. The molecule has 2 nitrogen and oxygen atoms in total. The SMILES string of the molecule is CCOC1CC(Nc2c(Br)cccc2Br)C1. The second-order valence-corrected chi connectivity index (χ2v) is 5.70. The Labute approximate surface area is 113 Å². The molecule has 0 bridgehead atoms. The number of ether oxygens (including phenoxy) is 1. The molecule has 2 rings (SSSR count). The van der Waals surface area contributed by atoms with Crippen molar-refractivity contribution in [1.29, 1.82) is 0 Å². The quantitative estimate of drug-likeness (QED) is 0.880. The lowest BCUT2D eigenvalue weighted by Gasteiger charge is -2.36. The minimum absolute atomic E-state index is 0.448. The van der Waals surface area contributed by atoms with E-state index in [1.807, 2.05) is 25.1 Å². The minimum atomic E-state index is 0.448. The lowest BCUT2D eigenvalue weighted by atomic mass is 9.89. The highest BCUT2D eigenvalue weighted by Crippen LogP contribution is 2.34. The van der Waals surface area contributed by atoms with Gasteiger partial charge in [0, 0.05) is 21.6 Å². The summed E-state index contributed by atoms with van der Waals surface area (Å²) in [5.74, 6) is 0. The fourth-order valence-electron chi connectivity index (χ4n) is 1.90. The van der Waals surface area contributed by atoms with Crippen LogP contribution in [0.15, 0.2) is 27.1 Å². The van der Waals surface area contributed by atoms with Gasteiger partial charge in [0.25, 0.3) is 0 Å². The highest BCUT2D eigenvalue weighted by atomic mass is 79.9. The van der Waals surface area contributed by atoms with Crippen molar-refractivity contribution in [1.82, 2.24) is 0 Å². The molecular weight excluding hydrogens is 334 g/mol. The van der Waals surface area contributed by atoms with Crippen LogP contribution in [0.3, 0.4) is 0 Å². The van der Waals surface area contributed by atoms with Gasteiger partial charge in [-0.3, -0.25) is 0 Å². The first-order chi connectivity index (χ1) is 7.70. The van der Waals surface area contributed by atoms with Crippen LogP contribution in [-0.4, -0.2) is 18.8 Å². The van der Waals surface area contributed by atoms with Crippen molar-refractivity contribution in [2.24, 2.45) is 0 Å². The molecule has 88 valence electrons. The zero-order valence-electron chi connectivity index (χ0n) is 9.17. The fraction of sp³-hybridized carbons (Fsp3) is 0.500. The van der Waals surface area contributed by atoms with Gasteiger partial charge in [0.05, 0.1) is 11.8 Å². The van der Waals surface area contributed by atoms with Crippen LogP contribution >= 0.6 is 31.9 Å². The van der Waals surface area contributed by atoms with E-state index in [4.69, 9.17) is 4.74 Å². The Hall–Kier alpha value is -0.0600. The molecule has 1 aliphatic rings. The number of halogens is 2. The molecule has 1 aromatic rings. The molecule has 0 aliphatic heterocycles. The van der Waals surface area contributed by atoms with E-state index in [0.29, 0.717) is 12.1 Å². The van der Waals surface area contributed by atoms with Crippen molar-refractivity contribution in [2.45, 2.75) is 31.9 Å². The summed E-state index contributed by atoms with van der Waals surface area (Å²) in [5, 5.41) is 3.53. The summed E-state index contributed by atoms with van der Waals surface area (Å²) in [7, 11) is 0. The molecule has 16 heavy (non-hydrogen) atoms. The Bertz CT molecular complexity index is 344. The molecule has 0 saturated heterocycles. The molecule has 0 heterocycles. The van der Waals surface area contributed by atoms with Crippen molar-refractivity contribution >= 4 is 37.5 Å². The Morgan fingerprint density at radius 1 is 1.31 bits per heavy atom. The van der Waals surface area contributed by atoms with Crippen molar-refractivity contribution in [3.63, 3.8) is 0 Å². The Balaban J connectivity index is 1.91. The Morgan fingerprint density at radius 2 is 1.94 bits per heavy atom. The summed E-state index contributed by atoms with van der Waals surface area (Å²) in [5.41, 5.74) is 1.14. The van der Waals surface area contributed by atoms with E-state index in [-0.39, 0.29) is 0 Å². The summed E-state index contributed by atoms with van der Waals surface area (Å²) in [6, 6.07) is 6.65. The van der Waals surface area contributed by atoms with Gasteiger partial charge in [-0.2, -0.15) is 0 Å². The van der Waals surface area contributed by atoms with Gasteiger partial charge in [-0.1, -0.05) is 6.07 Å². The van der Waals surface area contributed by atoms with Crippen LogP contribution in [0, 0.1) is 0 Å². The maximum atomic E-state index is 5.54. The number of rotatable bonds is 4. The summed E-state index contributed by atoms with van der Waals surface area (Å²) in [6.07, 6.45) is 2.65. The van der Waals surface area contributed by atoms with Gasteiger partial charge in [0.1, 0.15) is 0 Å². The molecule has 0 atom stereocenters. The largest absolute Gasteiger partial charge is 0.380 e.